The summed E-state index contributed by atoms with van der Waals surface area (Å²) in [5.74, 6) is -0.265. The summed E-state index contributed by atoms with van der Waals surface area (Å²) >= 11 is 0. The maximum Gasteiger partial charge on any atom is 0.338 e. The Labute approximate surface area is 84.2 Å². The molecule has 1 aromatic carbocycles. The minimum absolute atomic E-state index is 0.265. The van der Waals surface area contributed by atoms with E-state index in [1.54, 1.807) is 13.0 Å². The van der Waals surface area contributed by atoms with Gasteiger partial charge in [0.2, 0.25) is 0 Å². The Morgan fingerprint density at radius 2 is 2.29 bits per heavy atom. The van der Waals surface area contributed by atoms with Gasteiger partial charge in [0.05, 0.1) is 12.2 Å². The van der Waals surface area contributed by atoms with Crippen LogP contribution in [0.1, 0.15) is 29.8 Å². The summed E-state index contributed by atoms with van der Waals surface area (Å²) in [5, 5.41) is 0. The van der Waals surface area contributed by atoms with Crippen molar-refractivity contribution in [2.75, 3.05) is 6.61 Å². The van der Waals surface area contributed by atoms with Gasteiger partial charge in [-0.1, -0.05) is 24.3 Å². The minimum atomic E-state index is -0.265. The molecule has 0 saturated heterocycles. The predicted molar refractivity (Wildman–Crippen MR) is 57.1 cm³/mol. The van der Waals surface area contributed by atoms with Crippen LogP contribution in [0, 0.1) is 0 Å². The molecule has 2 nitrogen and oxygen atoms in total. The quantitative estimate of drug-likeness (QED) is 0.685. The molecule has 0 amide bonds. The SMILES string of the molecule is C/C=C\c1cccc(C(=O)OCC)c1. The summed E-state index contributed by atoms with van der Waals surface area (Å²) in [6.45, 7) is 4.15. The number of hydrogen-bond acceptors (Lipinski definition) is 2. The number of benzene rings is 1. The van der Waals surface area contributed by atoms with E-state index < -0.39 is 0 Å². The van der Waals surface area contributed by atoms with Crippen LogP contribution < -0.4 is 0 Å². The molecule has 2 heteroatoms. The Kier molecular flexibility index (Phi) is 3.92. The van der Waals surface area contributed by atoms with Crippen LogP contribution in [0.2, 0.25) is 0 Å². The van der Waals surface area contributed by atoms with Crippen LogP contribution in [0.3, 0.4) is 0 Å². The van der Waals surface area contributed by atoms with Gasteiger partial charge in [0.25, 0.3) is 0 Å². The number of ether oxygens (including phenoxy) is 1. The van der Waals surface area contributed by atoms with E-state index >= 15 is 0 Å². The van der Waals surface area contributed by atoms with Gasteiger partial charge in [-0.05, 0) is 31.5 Å². The average Bonchev–Trinajstić information content (AvgIpc) is 2.19. The fourth-order valence-corrected chi connectivity index (χ4v) is 1.18. The number of allylic oxidation sites excluding steroid dienone is 1. The van der Waals surface area contributed by atoms with Gasteiger partial charge in [-0.2, -0.15) is 0 Å². The molecule has 0 spiro atoms. The lowest BCUT2D eigenvalue weighted by atomic mass is 10.1. The molecule has 0 aliphatic rings. The van der Waals surface area contributed by atoms with Gasteiger partial charge in [-0.3, -0.25) is 0 Å². The number of esters is 1. The lowest BCUT2D eigenvalue weighted by Crippen LogP contribution is -2.04. The van der Waals surface area contributed by atoms with Crippen molar-refractivity contribution in [1.29, 1.82) is 0 Å². The van der Waals surface area contributed by atoms with Crippen LogP contribution in [0.4, 0.5) is 0 Å². The van der Waals surface area contributed by atoms with Crippen LogP contribution in [0.25, 0.3) is 6.08 Å². The van der Waals surface area contributed by atoms with Crippen LogP contribution in [-0.2, 0) is 4.74 Å². The summed E-state index contributed by atoms with van der Waals surface area (Å²) in [6, 6.07) is 7.37. The van der Waals surface area contributed by atoms with Crippen LogP contribution in [0.15, 0.2) is 30.3 Å². The highest BCUT2D eigenvalue weighted by Gasteiger charge is 2.04. The molecule has 0 fully saturated rings. The fourth-order valence-electron chi connectivity index (χ4n) is 1.18. The first-order valence-electron chi connectivity index (χ1n) is 4.67. The van der Waals surface area contributed by atoms with E-state index in [2.05, 4.69) is 0 Å². The highest BCUT2D eigenvalue weighted by molar-refractivity contribution is 5.90. The molecule has 74 valence electrons. The second-order valence-corrected chi connectivity index (χ2v) is 2.85. The topological polar surface area (TPSA) is 26.3 Å². The molecule has 0 unspecified atom stereocenters. The van der Waals surface area contributed by atoms with Gasteiger partial charge in [0.15, 0.2) is 0 Å². The number of hydrogen-bond donors (Lipinski definition) is 0. The average molecular weight is 190 g/mol. The second-order valence-electron chi connectivity index (χ2n) is 2.85. The van der Waals surface area contributed by atoms with Crippen molar-refractivity contribution in [2.45, 2.75) is 13.8 Å². The van der Waals surface area contributed by atoms with E-state index in [4.69, 9.17) is 4.74 Å². The van der Waals surface area contributed by atoms with Gasteiger partial charge in [0.1, 0.15) is 0 Å². The molecule has 0 bridgehead atoms. The van der Waals surface area contributed by atoms with Gasteiger partial charge < -0.3 is 4.74 Å². The zero-order valence-corrected chi connectivity index (χ0v) is 8.49. The monoisotopic (exact) mass is 190 g/mol. The zero-order chi connectivity index (χ0) is 10.4. The van der Waals surface area contributed by atoms with E-state index in [9.17, 15) is 4.79 Å². The highest BCUT2D eigenvalue weighted by atomic mass is 16.5. The number of carbonyl (C=O) groups is 1. The molecule has 0 aromatic heterocycles. The zero-order valence-electron chi connectivity index (χ0n) is 8.49. The molecule has 0 radical (unpaired) electrons. The van der Waals surface area contributed by atoms with Gasteiger partial charge in [0, 0.05) is 0 Å². The third kappa shape index (κ3) is 2.73. The molecule has 0 N–H and O–H groups in total. The number of rotatable bonds is 3. The van der Waals surface area contributed by atoms with Crippen molar-refractivity contribution >= 4 is 12.0 Å². The van der Waals surface area contributed by atoms with Gasteiger partial charge in [-0.25, -0.2) is 4.79 Å². The molecule has 0 aliphatic heterocycles. The molecule has 0 atom stereocenters. The van der Waals surface area contributed by atoms with E-state index in [1.807, 2.05) is 37.3 Å². The predicted octanol–water partition coefficient (Wildman–Crippen LogP) is 2.90. The molecule has 0 aliphatic carbocycles. The maximum atomic E-state index is 11.4. The summed E-state index contributed by atoms with van der Waals surface area (Å²) in [5.41, 5.74) is 1.61. The summed E-state index contributed by atoms with van der Waals surface area (Å²) in [4.78, 5) is 11.4. The first-order valence-corrected chi connectivity index (χ1v) is 4.67. The Balaban J connectivity index is 2.87. The lowest BCUT2D eigenvalue weighted by molar-refractivity contribution is 0.0526. The highest BCUT2D eigenvalue weighted by Crippen LogP contribution is 2.08. The second kappa shape index (κ2) is 5.22. The largest absolute Gasteiger partial charge is 0.462 e. The van der Waals surface area contributed by atoms with E-state index in [1.165, 1.54) is 0 Å². The molecule has 0 saturated carbocycles. The lowest BCUT2D eigenvalue weighted by Gasteiger charge is -2.01. The van der Waals surface area contributed by atoms with Gasteiger partial charge >= 0.3 is 5.97 Å². The third-order valence-electron chi connectivity index (χ3n) is 1.76. The smallest absolute Gasteiger partial charge is 0.338 e. The van der Waals surface area contributed by atoms with Crippen LogP contribution in [-0.4, -0.2) is 12.6 Å². The molecular weight excluding hydrogens is 176 g/mol. The third-order valence-corrected chi connectivity index (χ3v) is 1.76. The Hall–Kier alpha value is -1.57. The Morgan fingerprint density at radius 1 is 1.50 bits per heavy atom. The van der Waals surface area contributed by atoms with E-state index in [-0.39, 0.29) is 5.97 Å². The van der Waals surface area contributed by atoms with Crippen LogP contribution in [0.5, 0.6) is 0 Å². The standard InChI is InChI=1S/C12H14O2/c1-3-6-10-7-5-8-11(9-10)12(13)14-4-2/h3,5-9H,4H2,1-2H3/b6-3-. The minimum Gasteiger partial charge on any atom is -0.462 e. The van der Waals surface area contributed by atoms with Crippen LogP contribution >= 0.6 is 0 Å². The summed E-state index contributed by atoms with van der Waals surface area (Å²) in [6.07, 6.45) is 3.88. The molecule has 14 heavy (non-hydrogen) atoms. The normalized spacial score (nSPS) is 10.4. The van der Waals surface area contributed by atoms with Crippen molar-refractivity contribution in [3.63, 3.8) is 0 Å². The van der Waals surface area contributed by atoms with Gasteiger partial charge in [-0.15, -0.1) is 0 Å². The van der Waals surface area contributed by atoms with Crippen molar-refractivity contribution in [3.05, 3.63) is 41.5 Å². The molecule has 0 heterocycles. The summed E-state index contributed by atoms with van der Waals surface area (Å²) in [7, 11) is 0. The van der Waals surface area contributed by atoms with Crippen molar-refractivity contribution < 1.29 is 9.53 Å². The maximum absolute atomic E-state index is 11.4. The van der Waals surface area contributed by atoms with E-state index in [0.29, 0.717) is 12.2 Å². The van der Waals surface area contributed by atoms with Crippen molar-refractivity contribution in [2.24, 2.45) is 0 Å². The Morgan fingerprint density at radius 3 is 2.93 bits per heavy atom. The first kappa shape index (κ1) is 10.5. The van der Waals surface area contributed by atoms with Crippen molar-refractivity contribution in [3.8, 4) is 0 Å². The Bertz CT molecular complexity index is 340. The molecule has 1 rings (SSSR count). The van der Waals surface area contributed by atoms with Crippen molar-refractivity contribution in [1.82, 2.24) is 0 Å². The molecular formula is C12H14O2. The molecule has 1 aromatic rings. The summed E-state index contributed by atoms with van der Waals surface area (Å²) < 4.78 is 4.90. The van der Waals surface area contributed by atoms with E-state index in [0.717, 1.165) is 5.56 Å². The first-order chi connectivity index (χ1) is 6.77. The fraction of sp³-hybridized carbons (Fsp3) is 0.250. The number of carbonyl (C=O) groups excluding carboxylic acids is 1.